The molecule has 3 aromatic rings. The van der Waals surface area contributed by atoms with Gasteiger partial charge in [0.05, 0.1) is 11.3 Å². The summed E-state index contributed by atoms with van der Waals surface area (Å²) >= 11 is 12.2. The van der Waals surface area contributed by atoms with Gasteiger partial charge in [-0.1, -0.05) is 23.2 Å². The van der Waals surface area contributed by atoms with Crippen molar-refractivity contribution in [2.24, 2.45) is 5.92 Å². The molecule has 1 atom stereocenters. The highest BCUT2D eigenvalue weighted by atomic mass is 35.5. The maximum Gasteiger partial charge on any atom is 0.435 e. The third-order valence-electron chi connectivity index (χ3n) is 5.67. The Labute approximate surface area is 208 Å². The van der Waals surface area contributed by atoms with Crippen LogP contribution in [0.3, 0.4) is 0 Å². The monoisotopic (exact) mass is 525 g/mol. The van der Waals surface area contributed by atoms with Crippen molar-refractivity contribution in [3.63, 3.8) is 0 Å². The Hall–Kier alpha value is -3.11. The van der Waals surface area contributed by atoms with Gasteiger partial charge in [-0.2, -0.15) is 18.3 Å². The minimum Gasteiger partial charge on any atom is -0.349 e. The van der Waals surface area contributed by atoms with Crippen molar-refractivity contribution in [3.05, 3.63) is 69.2 Å². The third kappa shape index (κ3) is 5.43. The fourth-order valence-corrected chi connectivity index (χ4v) is 4.14. The Bertz CT molecular complexity index is 1300. The van der Waals surface area contributed by atoms with E-state index in [1.807, 2.05) is 6.92 Å². The van der Waals surface area contributed by atoms with Gasteiger partial charge in [-0.25, -0.2) is 9.67 Å². The molecule has 0 radical (unpaired) electrons. The number of carbonyl (C=O) groups is 2. The lowest BCUT2D eigenvalue weighted by Gasteiger charge is -2.18. The number of hydrogen-bond acceptors (Lipinski definition) is 4. The van der Waals surface area contributed by atoms with E-state index in [9.17, 15) is 22.8 Å². The van der Waals surface area contributed by atoms with Crippen LogP contribution in [-0.4, -0.2) is 32.6 Å². The number of rotatable bonds is 6. The fraction of sp³-hybridized carbons (Fsp3) is 0.304. The van der Waals surface area contributed by atoms with Crippen molar-refractivity contribution < 1.29 is 22.8 Å². The summed E-state index contributed by atoms with van der Waals surface area (Å²) in [5.74, 6) is -0.996. The third-order valence-corrected chi connectivity index (χ3v) is 6.18. The minimum absolute atomic E-state index is 0.0149. The summed E-state index contributed by atoms with van der Waals surface area (Å²) < 4.78 is 41.1. The molecule has 1 aliphatic carbocycles. The van der Waals surface area contributed by atoms with E-state index in [0.29, 0.717) is 17.5 Å². The van der Waals surface area contributed by atoms with Gasteiger partial charge in [-0.05, 0) is 62.4 Å². The number of aromatic nitrogens is 3. The van der Waals surface area contributed by atoms with Gasteiger partial charge in [-0.3, -0.25) is 9.59 Å². The summed E-state index contributed by atoms with van der Waals surface area (Å²) in [6.07, 6.45) is -1.43. The van der Waals surface area contributed by atoms with Crippen LogP contribution in [0, 0.1) is 12.8 Å². The van der Waals surface area contributed by atoms with E-state index < -0.39 is 29.4 Å². The van der Waals surface area contributed by atoms with Crippen LogP contribution in [0.15, 0.2) is 36.5 Å². The van der Waals surface area contributed by atoms with Gasteiger partial charge in [0, 0.05) is 23.3 Å². The average molecular weight is 526 g/mol. The molecule has 0 spiro atoms. The standard InChI is InChI=1S/C23H20Cl2F3N5O2/c1-11-8-14(24)9-15(21(34)30-12(2)13-5-6-13)19(11)31-22(35)17-10-18(23(26,27)28)32-33(17)16-4-3-7-29-20(16)25/h3-4,7-10,12-13H,5-6H2,1-2H3,(H,30,34)(H,31,35). The first-order valence-corrected chi connectivity index (χ1v) is 11.4. The second kappa shape index (κ2) is 9.50. The molecule has 1 unspecified atom stereocenters. The lowest BCUT2D eigenvalue weighted by molar-refractivity contribution is -0.141. The number of aryl methyl sites for hydroxylation is 1. The Morgan fingerprint density at radius 2 is 1.89 bits per heavy atom. The maximum absolute atomic E-state index is 13.4. The van der Waals surface area contributed by atoms with Gasteiger partial charge < -0.3 is 10.6 Å². The molecule has 12 heteroatoms. The lowest BCUT2D eigenvalue weighted by Crippen LogP contribution is -2.34. The Balaban J connectivity index is 1.73. The smallest absolute Gasteiger partial charge is 0.349 e. The van der Waals surface area contributed by atoms with Gasteiger partial charge in [0.15, 0.2) is 10.8 Å². The number of nitrogens with zero attached hydrogens (tertiary/aromatic N) is 3. The number of carbonyl (C=O) groups excluding carboxylic acids is 2. The van der Waals surface area contributed by atoms with E-state index in [-0.39, 0.29) is 33.2 Å². The average Bonchev–Trinajstić information content (AvgIpc) is 3.53. The molecule has 0 bridgehead atoms. The van der Waals surface area contributed by atoms with Crippen molar-refractivity contribution in [2.45, 2.75) is 38.9 Å². The molecule has 1 saturated carbocycles. The van der Waals surface area contributed by atoms with Crippen molar-refractivity contribution in [3.8, 4) is 5.69 Å². The minimum atomic E-state index is -4.81. The molecule has 1 aliphatic rings. The molecule has 2 heterocycles. The zero-order valence-corrected chi connectivity index (χ0v) is 20.1. The van der Waals surface area contributed by atoms with Crippen LogP contribution in [0.25, 0.3) is 5.69 Å². The molecule has 2 aromatic heterocycles. The normalized spacial score (nSPS) is 14.5. The number of halogens is 5. The predicted octanol–water partition coefficient (Wildman–Crippen LogP) is 5.68. The highest BCUT2D eigenvalue weighted by molar-refractivity contribution is 6.31. The molecule has 2 amide bonds. The Morgan fingerprint density at radius 3 is 2.51 bits per heavy atom. The van der Waals surface area contributed by atoms with Crippen LogP contribution in [0.2, 0.25) is 10.2 Å². The second-order valence-corrected chi connectivity index (χ2v) is 9.13. The number of nitrogens with one attached hydrogen (secondary N) is 2. The van der Waals surface area contributed by atoms with Crippen molar-refractivity contribution >= 4 is 40.7 Å². The van der Waals surface area contributed by atoms with E-state index in [1.54, 1.807) is 6.92 Å². The van der Waals surface area contributed by atoms with Gasteiger partial charge >= 0.3 is 6.18 Å². The molecule has 7 nitrogen and oxygen atoms in total. The highest BCUT2D eigenvalue weighted by Crippen LogP contribution is 2.34. The van der Waals surface area contributed by atoms with Crippen molar-refractivity contribution in [1.82, 2.24) is 20.1 Å². The Kier molecular flexibility index (Phi) is 6.79. The number of alkyl halides is 3. The molecular weight excluding hydrogens is 506 g/mol. The van der Waals surface area contributed by atoms with Crippen LogP contribution < -0.4 is 10.6 Å². The van der Waals surface area contributed by atoms with Crippen LogP contribution in [0.5, 0.6) is 0 Å². The van der Waals surface area contributed by atoms with Gasteiger partial charge in [-0.15, -0.1) is 0 Å². The van der Waals surface area contributed by atoms with E-state index in [1.165, 1.54) is 30.5 Å². The van der Waals surface area contributed by atoms with Gasteiger partial charge in [0.1, 0.15) is 11.4 Å². The Morgan fingerprint density at radius 1 is 1.17 bits per heavy atom. The topological polar surface area (TPSA) is 88.9 Å². The predicted molar refractivity (Wildman–Crippen MR) is 125 cm³/mol. The van der Waals surface area contributed by atoms with Crippen LogP contribution in [0.1, 0.15) is 51.9 Å². The fourth-order valence-electron chi connectivity index (χ4n) is 3.66. The molecule has 1 fully saturated rings. The summed E-state index contributed by atoms with van der Waals surface area (Å²) in [4.78, 5) is 30.1. The largest absolute Gasteiger partial charge is 0.435 e. The van der Waals surface area contributed by atoms with Gasteiger partial charge in [0.25, 0.3) is 11.8 Å². The summed E-state index contributed by atoms with van der Waals surface area (Å²) in [5.41, 5.74) is -1.07. The molecule has 2 N–H and O–H groups in total. The van der Waals surface area contributed by atoms with Crippen molar-refractivity contribution in [1.29, 1.82) is 0 Å². The first kappa shape index (κ1) is 25.0. The summed E-state index contributed by atoms with van der Waals surface area (Å²) in [6.45, 7) is 3.51. The maximum atomic E-state index is 13.4. The number of hydrogen-bond donors (Lipinski definition) is 2. The molecule has 4 rings (SSSR count). The number of pyridine rings is 1. The van der Waals surface area contributed by atoms with Crippen LogP contribution in [0.4, 0.5) is 18.9 Å². The zero-order valence-electron chi connectivity index (χ0n) is 18.6. The highest BCUT2D eigenvalue weighted by Gasteiger charge is 2.37. The van der Waals surface area contributed by atoms with E-state index in [0.717, 1.165) is 17.5 Å². The van der Waals surface area contributed by atoms with E-state index in [2.05, 4.69) is 20.7 Å². The van der Waals surface area contributed by atoms with E-state index >= 15 is 0 Å². The molecule has 0 saturated heterocycles. The first-order valence-electron chi connectivity index (χ1n) is 10.7. The first-order chi connectivity index (χ1) is 16.5. The van der Waals surface area contributed by atoms with Crippen molar-refractivity contribution in [2.75, 3.05) is 5.32 Å². The quantitative estimate of drug-likeness (QED) is 0.405. The number of benzene rings is 1. The summed E-state index contributed by atoms with van der Waals surface area (Å²) in [5, 5.41) is 9.13. The number of anilines is 1. The second-order valence-electron chi connectivity index (χ2n) is 8.34. The molecule has 0 aliphatic heterocycles. The van der Waals surface area contributed by atoms with E-state index in [4.69, 9.17) is 23.2 Å². The zero-order chi connectivity index (χ0) is 25.5. The molecule has 184 valence electrons. The summed E-state index contributed by atoms with van der Waals surface area (Å²) in [6, 6.07) is 6.30. The summed E-state index contributed by atoms with van der Waals surface area (Å²) in [7, 11) is 0. The molecule has 35 heavy (non-hydrogen) atoms. The van der Waals surface area contributed by atoms with Gasteiger partial charge in [0.2, 0.25) is 0 Å². The lowest BCUT2D eigenvalue weighted by atomic mass is 10.1. The van der Waals surface area contributed by atoms with Crippen LogP contribution >= 0.6 is 23.2 Å². The van der Waals surface area contributed by atoms with Crippen LogP contribution in [-0.2, 0) is 6.18 Å². The molecular formula is C23H20Cl2F3N5O2. The SMILES string of the molecule is Cc1cc(Cl)cc(C(=O)NC(C)C2CC2)c1NC(=O)c1cc(C(F)(F)F)nn1-c1cccnc1Cl. The number of amides is 2. The molecule has 1 aromatic carbocycles.